The van der Waals surface area contributed by atoms with Crippen molar-refractivity contribution in [2.45, 2.75) is 65.2 Å². The number of hydrogen-bond acceptors (Lipinski definition) is 5. The van der Waals surface area contributed by atoms with Crippen molar-refractivity contribution >= 4 is 29.7 Å². The van der Waals surface area contributed by atoms with E-state index >= 15 is 0 Å². The molecule has 0 aliphatic carbocycles. The first-order valence-electron chi connectivity index (χ1n) is 9.79. The maximum atomic E-state index is 11.0. The van der Waals surface area contributed by atoms with Gasteiger partial charge in [0.25, 0.3) is 0 Å². The van der Waals surface area contributed by atoms with E-state index in [4.69, 9.17) is 14.6 Å². The number of amides is 1. The Hall–Kier alpha value is -3.71. The average molecular weight is 693 g/mol. The first-order valence-corrected chi connectivity index (χ1v) is 9.79. The van der Waals surface area contributed by atoms with E-state index in [2.05, 4.69) is 5.32 Å². The number of para-hydroxylation sites is 1. The van der Waals surface area contributed by atoms with Crippen LogP contribution >= 0.6 is 0 Å². The molecule has 0 saturated heterocycles. The minimum Gasteiger partial charge on any atom is -0.520 e. The minimum atomic E-state index is -1.15. The first kappa shape index (κ1) is 30.5. The number of benzene rings is 1. The van der Waals surface area contributed by atoms with Gasteiger partial charge in [-0.3, -0.25) is 14.2 Å². The standard InChI is InChI=1S/C13H11N2O4.2C5H12O.Fm/c16-7-14-11(13(18)19)5-9-6-15(8-17)12-4-2-1-3-10(9)12;2*1-5(2,3)6-4;/h1-4,6,8,11H,5H2,(H,14,16)(H,18,19);2*1-4H3;/q-1;;;. The molecule has 0 fully saturated rings. The van der Waals surface area contributed by atoms with E-state index in [1.165, 1.54) is 11.0 Å². The largest absolute Gasteiger partial charge is 0.520 e. The third kappa shape index (κ3) is 11.5. The van der Waals surface area contributed by atoms with Crippen molar-refractivity contribution in [3.05, 3.63) is 36.0 Å². The molecule has 1 aromatic carbocycles. The number of aromatic nitrogens is 1. The summed E-state index contributed by atoms with van der Waals surface area (Å²) in [6.45, 7) is 12.1. The SMILES string of the molecule is COC(C)(C)C.COC(C)(C)C.O=[C-]NC(Cc1cn(C=O)c2ccccc12)C(=O)O.[Fm]. The van der Waals surface area contributed by atoms with Gasteiger partial charge in [0.15, 0.2) is 0 Å². The Morgan fingerprint density at radius 3 is 1.97 bits per heavy atom. The maximum absolute atomic E-state index is 11.0. The maximum Gasteiger partial charge on any atom is 0.323 e. The third-order valence-corrected chi connectivity index (χ3v) is 4.12. The van der Waals surface area contributed by atoms with E-state index in [9.17, 15) is 14.4 Å². The van der Waals surface area contributed by atoms with Gasteiger partial charge in [-0.1, -0.05) is 18.2 Å². The molecule has 1 atom stereocenters. The predicted molar refractivity (Wildman–Crippen MR) is 122 cm³/mol. The van der Waals surface area contributed by atoms with Crippen LogP contribution in [0.15, 0.2) is 30.5 Å². The zero-order chi connectivity index (χ0) is 24.2. The van der Waals surface area contributed by atoms with Gasteiger partial charge in [0, 0.05) is 32.2 Å². The van der Waals surface area contributed by atoms with E-state index in [1.807, 2.05) is 41.5 Å². The number of aliphatic carboxylic acids is 1. The minimum absolute atomic E-state index is 0. The predicted octanol–water partition coefficient (Wildman–Crippen LogP) is 3.19. The average Bonchev–Trinajstić information content (AvgIpc) is 3.05. The second-order valence-corrected chi connectivity index (χ2v) is 8.66. The van der Waals surface area contributed by atoms with Gasteiger partial charge in [0.05, 0.1) is 16.7 Å². The molecule has 0 saturated carbocycles. The Labute approximate surface area is 184 Å². The van der Waals surface area contributed by atoms with Crippen molar-refractivity contribution in [3.63, 3.8) is 0 Å². The first-order chi connectivity index (χ1) is 14.3. The third-order valence-electron chi connectivity index (χ3n) is 4.12. The summed E-state index contributed by atoms with van der Waals surface area (Å²) in [5.41, 5.74) is 1.46. The number of rotatable bonds is 6. The Balaban J connectivity index is 0. The van der Waals surface area contributed by atoms with Gasteiger partial charge in [-0.15, -0.1) is 0 Å². The number of carboxylic acids is 1. The van der Waals surface area contributed by atoms with Gasteiger partial charge >= 0.3 is 5.97 Å². The number of carboxylic acid groups (broad SMARTS) is 1. The van der Waals surface area contributed by atoms with Crippen molar-refractivity contribution in [1.29, 1.82) is 0 Å². The van der Waals surface area contributed by atoms with Crippen LogP contribution in [0.5, 0.6) is 0 Å². The molecule has 186 valence electrons. The van der Waals surface area contributed by atoms with Crippen molar-refractivity contribution in [2.24, 2.45) is 0 Å². The molecule has 0 aliphatic rings. The number of carbonyl (C=O) groups is 2. The zero-order valence-electron chi connectivity index (χ0n) is 20.0. The number of carbonyl (C=O) groups excluding carboxylic acids is 2. The Morgan fingerprint density at radius 1 is 1.12 bits per heavy atom. The molecule has 1 amide bonds. The van der Waals surface area contributed by atoms with Crippen molar-refractivity contribution < 1.29 is 29.0 Å². The van der Waals surface area contributed by atoms with E-state index in [0.29, 0.717) is 17.5 Å². The summed E-state index contributed by atoms with van der Waals surface area (Å²) < 4.78 is 11.3. The van der Waals surface area contributed by atoms with Gasteiger partial charge in [0.2, 0.25) is 6.41 Å². The van der Waals surface area contributed by atoms with Crippen molar-refractivity contribution in [3.8, 4) is 0 Å². The quantitative estimate of drug-likeness (QED) is 0.274. The molecular formula is C23H35FmN2O6-. The molecule has 0 spiro atoms. The van der Waals surface area contributed by atoms with Crippen LogP contribution in [0.2, 0.25) is 0 Å². The van der Waals surface area contributed by atoms with Crippen LogP contribution in [-0.2, 0) is 30.3 Å². The van der Waals surface area contributed by atoms with Crippen LogP contribution in [-0.4, -0.2) is 59.9 Å². The normalized spacial score (nSPS) is 11.6. The molecule has 32 heavy (non-hydrogen) atoms. The van der Waals surface area contributed by atoms with E-state index in [0.717, 1.165) is 5.39 Å². The molecule has 1 unspecified atom stereocenters. The van der Waals surface area contributed by atoms with Crippen LogP contribution in [0.1, 0.15) is 47.1 Å². The van der Waals surface area contributed by atoms with Crippen molar-refractivity contribution in [2.75, 3.05) is 14.2 Å². The van der Waals surface area contributed by atoms with Crippen LogP contribution in [0, 0.1) is 0 Å². The second kappa shape index (κ2) is 13.6. The number of ether oxygens (including phenoxy) is 2. The van der Waals surface area contributed by atoms with Gasteiger partial charge in [-0.2, -0.15) is 6.41 Å². The molecule has 1 aromatic heterocycles. The summed E-state index contributed by atoms with van der Waals surface area (Å²) >= 11 is 0. The van der Waals surface area contributed by atoms with Gasteiger partial charge in [0.1, 0.15) is 6.04 Å². The molecular weight excluding hydrogens is 657 g/mol. The van der Waals surface area contributed by atoms with Crippen LogP contribution in [0.3, 0.4) is 0 Å². The molecule has 1 heterocycles. The van der Waals surface area contributed by atoms with Crippen LogP contribution in [0.25, 0.3) is 10.9 Å². The van der Waals surface area contributed by atoms with Crippen LogP contribution < -0.4 is 5.32 Å². The topological polar surface area (TPSA) is 107 Å². The summed E-state index contributed by atoms with van der Waals surface area (Å²) in [6.07, 6.45) is 3.69. The summed E-state index contributed by atoms with van der Waals surface area (Å²) in [7, 11) is 3.42. The van der Waals surface area contributed by atoms with Crippen molar-refractivity contribution in [1.82, 2.24) is 9.88 Å². The molecule has 0 bridgehead atoms. The smallest absolute Gasteiger partial charge is 0.323 e. The Kier molecular flexibility index (Phi) is 12.9. The monoisotopic (exact) mass is 692 g/mol. The summed E-state index contributed by atoms with van der Waals surface area (Å²) in [4.78, 5) is 32.2. The zero-order valence-corrected chi connectivity index (χ0v) is 22.4. The molecule has 9 heteroatoms. The molecule has 2 N–H and O–H groups in total. The fourth-order valence-corrected chi connectivity index (χ4v) is 2.02. The number of nitrogens with zero attached hydrogens (tertiary/aromatic N) is 1. The Bertz CT molecular complexity index is 823. The molecule has 2 rings (SSSR count). The van der Waals surface area contributed by atoms with Crippen LogP contribution in [0.4, 0.5) is 0 Å². The molecule has 0 aliphatic heterocycles. The van der Waals surface area contributed by atoms with Gasteiger partial charge in [-0.05, 0) is 53.2 Å². The number of methoxy groups -OCH3 is 2. The number of fused-ring (bicyclic) bond motifs is 1. The molecule has 0 radical (unpaired) electrons. The van der Waals surface area contributed by atoms with E-state index < -0.39 is 12.0 Å². The fourth-order valence-electron chi connectivity index (χ4n) is 2.02. The fraction of sp³-hybridized carbons (Fsp3) is 0.522. The number of nitrogens with one attached hydrogen (secondary N) is 1. The Morgan fingerprint density at radius 2 is 1.59 bits per heavy atom. The van der Waals surface area contributed by atoms with E-state index in [-0.39, 0.29) is 17.6 Å². The summed E-state index contributed by atoms with van der Waals surface area (Å²) in [5, 5.41) is 11.9. The van der Waals surface area contributed by atoms with E-state index in [1.54, 1.807) is 44.7 Å². The molecule has 2 aromatic rings. The van der Waals surface area contributed by atoms with Gasteiger partial charge in [-0.25, -0.2) is 0 Å². The summed E-state index contributed by atoms with van der Waals surface area (Å²) in [6, 6.07) is 6.09. The number of hydrogen-bond donors (Lipinski definition) is 2. The molecule has 8 nitrogen and oxygen atoms in total. The summed E-state index contributed by atoms with van der Waals surface area (Å²) in [5.74, 6) is -1.15. The van der Waals surface area contributed by atoms with Gasteiger partial charge < -0.3 is 24.7 Å². The second-order valence-electron chi connectivity index (χ2n) is 8.66.